The van der Waals surface area contributed by atoms with Crippen LogP contribution in [0.4, 0.5) is 0 Å². The normalized spacial score (nSPS) is 15.8. The molecule has 0 radical (unpaired) electrons. The Morgan fingerprint density at radius 1 is 1.50 bits per heavy atom. The van der Waals surface area contributed by atoms with Crippen molar-refractivity contribution in [2.75, 3.05) is 6.54 Å². The molecule has 1 aliphatic rings. The van der Waals surface area contributed by atoms with Crippen molar-refractivity contribution in [2.45, 2.75) is 44.8 Å². The average Bonchev–Trinajstić information content (AvgIpc) is 2.90. The number of H-pyrrole nitrogens is 1. The molecule has 6 nitrogen and oxygen atoms in total. The monoisotopic (exact) mass is 346 g/mol. The fourth-order valence-electron chi connectivity index (χ4n) is 2.86. The first-order valence-electron chi connectivity index (χ1n) is 8.18. The highest BCUT2D eigenvalue weighted by Gasteiger charge is 2.34. The van der Waals surface area contributed by atoms with Crippen molar-refractivity contribution in [3.63, 3.8) is 0 Å². The van der Waals surface area contributed by atoms with E-state index in [0.717, 1.165) is 36.2 Å². The van der Waals surface area contributed by atoms with Crippen molar-refractivity contribution in [3.8, 4) is 11.4 Å². The SMILES string of the molecule is Cc1cccc(-c2n[nH]c(=S)n2CCC(=O)NCC2(O)CCC2)c1. The standard InChI is InChI=1S/C17H22N4O2S/c1-12-4-2-5-13(10-12)15-19-20-16(24)21(15)9-6-14(22)18-11-17(23)7-3-8-17/h2,4-5,10,23H,3,6-9,11H2,1H3,(H,18,22)(H,20,24). The molecule has 3 N–H and O–H groups in total. The summed E-state index contributed by atoms with van der Waals surface area (Å²) in [5, 5.41) is 19.9. The number of hydrogen-bond acceptors (Lipinski definition) is 4. The number of benzene rings is 1. The van der Waals surface area contributed by atoms with Gasteiger partial charge >= 0.3 is 0 Å². The largest absolute Gasteiger partial charge is 0.388 e. The molecule has 128 valence electrons. The van der Waals surface area contributed by atoms with Crippen LogP contribution in [0.5, 0.6) is 0 Å². The van der Waals surface area contributed by atoms with Crippen LogP contribution in [0, 0.1) is 11.7 Å². The van der Waals surface area contributed by atoms with Crippen LogP contribution < -0.4 is 5.32 Å². The van der Waals surface area contributed by atoms with Gasteiger partial charge in [-0.15, -0.1) is 0 Å². The number of rotatable bonds is 6. The summed E-state index contributed by atoms with van der Waals surface area (Å²) in [6.45, 7) is 2.80. The lowest BCUT2D eigenvalue weighted by atomic mass is 9.80. The lowest BCUT2D eigenvalue weighted by Crippen LogP contribution is -2.47. The molecule has 0 unspecified atom stereocenters. The minimum atomic E-state index is -0.700. The van der Waals surface area contributed by atoms with Gasteiger partial charge in [-0.2, -0.15) is 5.10 Å². The Balaban J connectivity index is 1.64. The van der Waals surface area contributed by atoms with Crippen LogP contribution in [0.1, 0.15) is 31.2 Å². The first-order chi connectivity index (χ1) is 11.5. The highest BCUT2D eigenvalue weighted by Crippen LogP contribution is 2.30. The van der Waals surface area contributed by atoms with Crippen LogP contribution in [0.25, 0.3) is 11.4 Å². The average molecular weight is 346 g/mol. The minimum absolute atomic E-state index is 0.0892. The third kappa shape index (κ3) is 3.73. The summed E-state index contributed by atoms with van der Waals surface area (Å²) in [6, 6.07) is 8.00. The highest BCUT2D eigenvalue weighted by atomic mass is 32.1. The van der Waals surface area contributed by atoms with Gasteiger partial charge in [-0.25, -0.2) is 0 Å². The van der Waals surface area contributed by atoms with Gasteiger partial charge in [-0.05, 0) is 44.5 Å². The van der Waals surface area contributed by atoms with E-state index in [2.05, 4.69) is 15.5 Å². The Labute approximate surface area is 145 Å². The zero-order valence-electron chi connectivity index (χ0n) is 13.7. The van der Waals surface area contributed by atoms with E-state index in [1.165, 1.54) is 0 Å². The van der Waals surface area contributed by atoms with Crippen molar-refractivity contribution in [1.82, 2.24) is 20.1 Å². The van der Waals surface area contributed by atoms with Gasteiger partial charge in [0.2, 0.25) is 5.91 Å². The molecule has 0 bridgehead atoms. The van der Waals surface area contributed by atoms with E-state index >= 15 is 0 Å². The van der Waals surface area contributed by atoms with E-state index in [1.54, 1.807) is 0 Å². The van der Waals surface area contributed by atoms with Gasteiger partial charge in [0, 0.05) is 25.1 Å². The van der Waals surface area contributed by atoms with Crippen LogP contribution in [0.2, 0.25) is 0 Å². The Morgan fingerprint density at radius 3 is 2.96 bits per heavy atom. The number of carbonyl (C=O) groups is 1. The Kier molecular flexibility index (Phi) is 4.82. The molecule has 2 aromatic rings. The predicted octanol–water partition coefficient (Wildman–Crippen LogP) is 2.34. The molecule has 3 rings (SSSR count). The Bertz CT molecular complexity index is 792. The van der Waals surface area contributed by atoms with Gasteiger partial charge in [0.05, 0.1) is 5.60 Å². The maximum atomic E-state index is 12.0. The third-order valence-corrected chi connectivity index (χ3v) is 4.81. The number of aromatic nitrogens is 3. The lowest BCUT2D eigenvalue weighted by Gasteiger charge is -2.36. The van der Waals surface area contributed by atoms with Crippen LogP contribution in [0.3, 0.4) is 0 Å². The highest BCUT2D eigenvalue weighted by molar-refractivity contribution is 7.71. The number of hydrogen-bond donors (Lipinski definition) is 3. The second-order valence-corrected chi connectivity index (χ2v) is 6.86. The number of aliphatic hydroxyl groups is 1. The molecule has 24 heavy (non-hydrogen) atoms. The number of amides is 1. The first-order valence-corrected chi connectivity index (χ1v) is 8.59. The molecule has 0 atom stereocenters. The molecule has 1 fully saturated rings. The molecule has 1 aliphatic carbocycles. The van der Waals surface area contributed by atoms with Gasteiger partial charge in [-0.3, -0.25) is 14.5 Å². The van der Waals surface area contributed by atoms with Crippen LogP contribution in [-0.2, 0) is 11.3 Å². The quantitative estimate of drug-likeness (QED) is 0.701. The summed E-state index contributed by atoms with van der Waals surface area (Å²) < 4.78 is 2.33. The lowest BCUT2D eigenvalue weighted by molar-refractivity contribution is -0.123. The Morgan fingerprint density at radius 2 is 2.29 bits per heavy atom. The van der Waals surface area contributed by atoms with Crippen LogP contribution in [-0.4, -0.2) is 37.9 Å². The number of nitrogens with zero attached hydrogens (tertiary/aromatic N) is 2. The molecular formula is C17H22N4O2S. The second-order valence-electron chi connectivity index (χ2n) is 6.48. The number of nitrogens with one attached hydrogen (secondary N) is 2. The second kappa shape index (κ2) is 6.86. The fourth-order valence-corrected chi connectivity index (χ4v) is 3.08. The molecule has 1 aromatic carbocycles. The first kappa shape index (κ1) is 16.9. The maximum Gasteiger partial charge on any atom is 0.221 e. The van der Waals surface area contributed by atoms with E-state index in [1.807, 2.05) is 35.8 Å². The summed E-state index contributed by atoms with van der Waals surface area (Å²) in [4.78, 5) is 12.0. The molecule has 1 heterocycles. The summed E-state index contributed by atoms with van der Waals surface area (Å²) >= 11 is 5.28. The van der Waals surface area contributed by atoms with Crippen molar-refractivity contribution in [1.29, 1.82) is 0 Å². The molecule has 0 aliphatic heterocycles. The van der Waals surface area contributed by atoms with E-state index in [-0.39, 0.29) is 5.91 Å². The summed E-state index contributed by atoms with van der Waals surface area (Å²) in [7, 11) is 0. The van der Waals surface area contributed by atoms with Crippen molar-refractivity contribution in [2.24, 2.45) is 0 Å². The molecule has 1 aromatic heterocycles. The minimum Gasteiger partial charge on any atom is -0.388 e. The van der Waals surface area contributed by atoms with Crippen LogP contribution >= 0.6 is 12.2 Å². The zero-order valence-corrected chi connectivity index (χ0v) is 14.5. The molecule has 7 heteroatoms. The number of carbonyl (C=O) groups excluding carboxylic acids is 1. The summed E-state index contributed by atoms with van der Waals surface area (Å²) in [5.41, 5.74) is 1.40. The van der Waals surface area contributed by atoms with E-state index in [9.17, 15) is 9.90 Å². The van der Waals surface area contributed by atoms with E-state index < -0.39 is 5.60 Å². The molecule has 0 saturated heterocycles. The zero-order chi connectivity index (χ0) is 17.2. The fraction of sp³-hybridized carbons (Fsp3) is 0.471. The molecular weight excluding hydrogens is 324 g/mol. The topological polar surface area (TPSA) is 82.9 Å². The summed E-state index contributed by atoms with van der Waals surface area (Å²) in [5.74, 6) is 0.641. The van der Waals surface area contributed by atoms with E-state index in [4.69, 9.17) is 12.2 Å². The van der Waals surface area contributed by atoms with Gasteiger partial charge in [0.15, 0.2) is 10.6 Å². The van der Waals surface area contributed by atoms with Gasteiger partial charge in [-0.1, -0.05) is 23.8 Å². The van der Waals surface area contributed by atoms with Crippen molar-refractivity contribution in [3.05, 3.63) is 34.6 Å². The third-order valence-electron chi connectivity index (χ3n) is 4.50. The smallest absolute Gasteiger partial charge is 0.221 e. The summed E-state index contributed by atoms with van der Waals surface area (Å²) in [6.07, 6.45) is 2.84. The van der Waals surface area contributed by atoms with Gasteiger partial charge in [0.25, 0.3) is 0 Å². The van der Waals surface area contributed by atoms with Crippen molar-refractivity contribution >= 4 is 18.1 Å². The predicted molar refractivity (Wildman–Crippen MR) is 94.0 cm³/mol. The number of aryl methyl sites for hydroxylation is 1. The van der Waals surface area contributed by atoms with E-state index in [0.29, 0.717) is 24.3 Å². The number of aromatic amines is 1. The van der Waals surface area contributed by atoms with Crippen LogP contribution in [0.15, 0.2) is 24.3 Å². The van der Waals surface area contributed by atoms with Gasteiger partial charge in [0.1, 0.15) is 0 Å². The molecule has 0 spiro atoms. The molecule has 1 amide bonds. The maximum absolute atomic E-state index is 12.0. The molecule has 1 saturated carbocycles. The van der Waals surface area contributed by atoms with Gasteiger partial charge < -0.3 is 10.4 Å². The van der Waals surface area contributed by atoms with Crippen molar-refractivity contribution < 1.29 is 9.90 Å². The Hall–Kier alpha value is -1.99.